The van der Waals surface area contributed by atoms with Crippen LogP contribution in [0.2, 0.25) is 0 Å². The quantitative estimate of drug-likeness (QED) is 0.797. The summed E-state index contributed by atoms with van der Waals surface area (Å²) in [5.41, 5.74) is 0.652. The second-order valence-electron chi connectivity index (χ2n) is 5.81. The molecule has 1 heterocycles. The molecule has 1 aliphatic rings. The highest BCUT2D eigenvalue weighted by Crippen LogP contribution is 2.20. The average molecular weight is 306 g/mol. The molecule has 118 valence electrons. The van der Waals surface area contributed by atoms with E-state index < -0.39 is 18.2 Å². The largest absolute Gasteiger partial charge is 0.390 e. The molecule has 1 fully saturated rings. The molecule has 1 saturated carbocycles. The van der Waals surface area contributed by atoms with E-state index in [1.54, 1.807) is 16.8 Å². The van der Waals surface area contributed by atoms with Crippen LogP contribution in [0.5, 0.6) is 0 Å². The third-order valence-corrected chi connectivity index (χ3v) is 4.22. The number of nitrogens with one attached hydrogen (secondary N) is 1. The topological polar surface area (TPSA) is 74.5 Å². The molecular weight excluding hydrogens is 287 g/mol. The predicted octanol–water partition coefficient (Wildman–Crippen LogP) is 1.17. The summed E-state index contributed by atoms with van der Waals surface area (Å²) in [6.07, 6.45) is 1.97. The maximum atomic E-state index is 13.3. The Bertz CT molecular complexity index is 685. The summed E-state index contributed by atoms with van der Waals surface area (Å²) < 4.78 is 15.0. The Labute approximate surface area is 127 Å². The zero-order valence-electron chi connectivity index (χ0n) is 12.1. The number of benzene rings is 1. The summed E-state index contributed by atoms with van der Waals surface area (Å²) in [7, 11) is 0. The summed E-state index contributed by atoms with van der Waals surface area (Å²) in [6.45, 7) is 0.0479. The number of rotatable bonds is 3. The molecule has 1 amide bonds. The number of nitrogens with zero attached hydrogens (tertiary/aromatic N) is 1. The van der Waals surface area contributed by atoms with Crippen LogP contribution in [0.25, 0.3) is 10.9 Å². The molecule has 22 heavy (non-hydrogen) atoms. The van der Waals surface area contributed by atoms with E-state index in [9.17, 15) is 19.4 Å². The summed E-state index contributed by atoms with van der Waals surface area (Å²) in [6, 6.07) is 5.82. The lowest BCUT2D eigenvalue weighted by Crippen LogP contribution is -2.51. The summed E-state index contributed by atoms with van der Waals surface area (Å²) >= 11 is 0. The van der Waals surface area contributed by atoms with E-state index in [1.807, 2.05) is 6.07 Å². The van der Waals surface area contributed by atoms with Crippen LogP contribution in [0.3, 0.4) is 0 Å². The van der Waals surface area contributed by atoms with Crippen molar-refractivity contribution < 1.29 is 19.4 Å². The fourth-order valence-electron chi connectivity index (χ4n) is 3.02. The lowest BCUT2D eigenvalue weighted by atomic mass is 9.90. The van der Waals surface area contributed by atoms with Crippen molar-refractivity contribution >= 4 is 16.8 Å². The Hall–Kier alpha value is -1.92. The summed E-state index contributed by atoms with van der Waals surface area (Å²) in [4.78, 5) is 12.1. The van der Waals surface area contributed by atoms with Crippen molar-refractivity contribution in [3.8, 4) is 0 Å². The van der Waals surface area contributed by atoms with E-state index >= 15 is 0 Å². The van der Waals surface area contributed by atoms with Crippen molar-refractivity contribution in [3.63, 3.8) is 0 Å². The van der Waals surface area contributed by atoms with Gasteiger partial charge in [0.1, 0.15) is 12.4 Å². The Kier molecular flexibility index (Phi) is 4.13. The fraction of sp³-hybridized carbons (Fsp3) is 0.438. The predicted molar refractivity (Wildman–Crippen MR) is 79.7 cm³/mol. The fourth-order valence-corrected chi connectivity index (χ4v) is 3.02. The first kappa shape index (κ1) is 15.0. The van der Waals surface area contributed by atoms with Crippen LogP contribution in [0.1, 0.15) is 19.3 Å². The van der Waals surface area contributed by atoms with E-state index in [4.69, 9.17) is 0 Å². The number of aliphatic hydroxyl groups is 2. The third-order valence-electron chi connectivity index (χ3n) is 4.22. The smallest absolute Gasteiger partial charge is 0.240 e. The molecule has 3 N–H and O–H groups in total. The monoisotopic (exact) mass is 306 g/mol. The zero-order chi connectivity index (χ0) is 15.7. The molecule has 0 spiro atoms. The van der Waals surface area contributed by atoms with Crippen molar-refractivity contribution in [1.29, 1.82) is 0 Å². The maximum Gasteiger partial charge on any atom is 0.240 e. The number of aromatic nitrogens is 1. The number of hydrogen-bond acceptors (Lipinski definition) is 3. The molecule has 0 radical (unpaired) electrons. The van der Waals surface area contributed by atoms with Gasteiger partial charge in [-0.2, -0.15) is 0 Å². The number of carbonyl (C=O) groups excluding carboxylic acids is 1. The van der Waals surface area contributed by atoms with Crippen molar-refractivity contribution in [2.75, 3.05) is 0 Å². The van der Waals surface area contributed by atoms with Crippen molar-refractivity contribution in [2.24, 2.45) is 0 Å². The molecular formula is C16H19FN2O3. The maximum absolute atomic E-state index is 13.3. The first-order chi connectivity index (χ1) is 10.5. The molecule has 3 atom stereocenters. The highest BCUT2D eigenvalue weighted by Gasteiger charge is 2.31. The van der Waals surface area contributed by atoms with Gasteiger partial charge in [-0.15, -0.1) is 0 Å². The van der Waals surface area contributed by atoms with Crippen molar-refractivity contribution in [1.82, 2.24) is 9.88 Å². The number of carbonyl (C=O) groups is 1. The zero-order valence-corrected chi connectivity index (χ0v) is 12.1. The van der Waals surface area contributed by atoms with Crippen LogP contribution in [-0.2, 0) is 11.3 Å². The van der Waals surface area contributed by atoms with Gasteiger partial charge in [0.05, 0.1) is 23.8 Å². The molecule has 1 aliphatic carbocycles. The molecule has 5 nitrogen and oxygen atoms in total. The summed E-state index contributed by atoms with van der Waals surface area (Å²) in [5.74, 6) is -0.612. The normalized spacial score (nSPS) is 25.3. The van der Waals surface area contributed by atoms with Crippen LogP contribution in [0, 0.1) is 5.82 Å². The van der Waals surface area contributed by atoms with Gasteiger partial charge < -0.3 is 20.1 Å². The van der Waals surface area contributed by atoms with Gasteiger partial charge in [0.2, 0.25) is 5.91 Å². The second kappa shape index (κ2) is 6.06. The SMILES string of the molecule is O=C(Cn1ccc2ccc(F)cc21)N[C@@H]1CCC[C@@H](O)[C@@H]1O. The van der Waals surface area contributed by atoms with Crippen LogP contribution < -0.4 is 5.32 Å². The molecule has 0 saturated heterocycles. The van der Waals surface area contributed by atoms with Gasteiger partial charge in [0.25, 0.3) is 0 Å². The highest BCUT2D eigenvalue weighted by molar-refractivity contribution is 5.83. The van der Waals surface area contributed by atoms with Gasteiger partial charge in [-0.05, 0) is 48.9 Å². The molecule has 0 bridgehead atoms. The first-order valence-corrected chi connectivity index (χ1v) is 7.44. The minimum Gasteiger partial charge on any atom is -0.390 e. The lowest BCUT2D eigenvalue weighted by Gasteiger charge is -2.32. The lowest BCUT2D eigenvalue weighted by molar-refractivity contribution is -0.124. The van der Waals surface area contributed by atoms with Gasteiger partial charge in [0, 0.05) is 6.20 Å². The minimum absolute atomic E-state index is 0.0479. The molecule has 0 aliphatic heterocycles. The van der Waals surface area contributed by atoms with E-state index in [0.717, 1.165) is 11.8 Å². The number of halogens is 1. The second-order valence-corrected chi connectivity index (χ2v) is 5.81. The minimum atomic E-state index is -0.934. The Balaban J connectivity index is 1.69. The standard InChI is InChI=1S/C16H19FN2O3/c17-11-5-4-10-6-7-19(13(10)8-11)9-15(21)18-12-2-1-3-14(20)16(12)22/h4-8,12,14,16,20,22H,1-3,9H2,(H,18,21)/t12-,14-,16-/m1/s1. The van der Waals surface area contributed by atoms with Gasteiger partial charge in [-0.3, -0.25) is 4.79 Å². The van der Waals surface area contributed by atoms with E-state index in [-0.39, 0.29) is 18.3 Å². The van der Waals surface area contributed by atoms with Gasteiger partial charge in [-0.25, -0.2) is 4.39 Å². The van der Waals surface area contributed by atoms with Gasteiger partial charge >= 0.3 is 0 Å². The Morgan fingerprint density at radius 3 is 2.95 bits per heavy atom. The van der Waals surface area contributed by atoms with Crippen LogP contribution in [0.4, 0.5) is 4.39 Å². The van der Waals surface area contributed by atoms with E-state index in [2.05, 4.69) is 5.32 Å². The number of amides is 1. The number of hydrogen-bond donors (Lipinski definition) is 3. The van der Waals surface area contributed by atoms with Crippen LogP contribution in [-0.4, -0.2) is 38.9 Å². The summed E-state index contributed by atoms with van der Waals surface area (Å²) in [5, 5.41) is 23.2. The average Bonchev–Trinajstić information content (AvgIpc) is 2.86. The molecule has 6 heteroatoms. The number of aliphatic hydroxyl groups excluding tert-OH is 2. The molecule has 1 aromatic heterocycles. The molecule has 3 rings (SSSR count). The van der Waals surface area contributed by atoms with E-state index in [1.165, 1.54) is 12.1 Å². The van der Waals surface area contributed by atoms with Crippen molar-refractivity contribution in [2.45, 2.75) is 44.1 Å². The Morgan fingerprint density at radius 2 is 2.14 bits per heavy atom. The molecule has 2 aromatic rings. The van der Waals surface area contributed by atoms with E-state index in [0.29, 0.717) is 18.4 Å². The van der Waals surface area contributed by atoms with Crippen LogP contribution >= 0.6 is 0 Å². The third kappa shape index (κ3) is 2.98. The Morgan fingerprint density at radius 1 is 1.32 bits per heavy atom. The molecule has 1 aromatic carbocycles. The van der Waals surface area contributed by atoms with Crippen molar-refractivity contribution in [3.05, 3.63) is 36.3 Å². The van der Waals surface area contributed by atoms with Gasteiger partial charge in [-0.1, -0.05) is 0 Å². The molecule has 0 unspecified atom stereocenters. The van der Waals surface area contributed by atoms with Gasteiger partial charge in [0.15, 0.2) is 0 Å². The van der Waals surface area contributed by atoms with Crippen LogP contribution in [0.15, 0.2) is 30.5 Å². The highest BCUT2D eigenvalue weighted by atomic mass is 19.1. The first-order valence-electron chi connectivity index (χ1n) is 7.44. The number of fused-ring (bicyclic) bond motifs is 1.